The molecule has 0 bridgehead atoms. The Labute approximate surface area is 145 Å². The molecule has 0 saturated carbocycles. The van der Waals surface area contributed by atoms with Crippen LogP contribution in [0.15, 0.2) is 36.4 Å². The van der Waals surface area contributed by atoms with E-state index in [-0.39, 0.29) is 12.5 Å². The molecule has 0 aliphatic carbocycles. The van der Waals surface area contributed by atoms with Crippen molar-refractivity contribution in [3.63, 3.8) is 0 Å². The van der Waals surface area contributed by atoms with E-state index in [2.05, 4.69) is 33.6 Å². The molecule has 24 heavy (non-hydrogen) atoms. The molecule has 6 heteroatoms. The fourth-order valence-electron chi connectivity index (χ4n) is 2.41. The molecule has 1 amide bonds. The molecule has 0 spiro atoms. The lowest BCUT2D eigenvalue weighted by Gasteiger charge is -2.08. The van der Waals surface area contributed by atoms with Crippen molar-refractivity contribution in [3.05, 3.63) is 52.7 Å². The second-order valence-electron chi connectivity index (χ2n) is 5.52. The Bertz CT molecular complexity index is 845. The van der Waals surface area contributed by atoms with E-state index in [0.29, 0.717) is 12.4 Å². The zero-order chi connectivity index (χ0) is 16.9. The lowest BCUT2D eigenvalue weighted by molar-refractivity contribution is -0.119. The van der Waals surface area contributed by atoms with Gasteiger partial charge in [-0.25, -0.2) is 9.97 Å². The highest BCUT2D eigenvalue weighted by atomic mass is 32.1. The molecular weight excluding hydrogens is 320 g/mol. The van der Waals surface area contributed by atoms with E-state index in [1.54, 1.807) is 11.3 Å². The van der Waals surface area contributed by atoms with Gasteiger partial charge in [0.1, 0.15) is 16.5 Å². The zero-order valence-electron chi connectivity index (χ0n) is 13.8. The highest BCUT2D eigenvalue weighted by Gasteiger charge is 2.11. The van der Waals surface area contributed by atoms with E-state index in [9.17, 15) is 4.79 Å². The van der Waals surface area contributed by atoms with Gasteiger partial charge in [0, 0.05) is 11.4 Å². The van der Waals surface area contributed by atoms with Crippen LogP contribution in [0.4, 0.5) is 5.82 Å². The molecule has 124 valence electrons. The van der Waals surface area contributed by atoms with Crippen LogP contribution in [0, 0.1) is 6.92 Å². The molecule has 0 aliphatic rings. The lowest BCUT2D eigenvalue weighted by atomic mass is 10.2. The van der Waals surface area contributed by atoms with Gasteiger partial charge in [-0.15, -0.1) is 11.3 Å². The Balaban J connectivity index is 1.64. The summed E-state index contributed by atoms with van der Waals surface area (Å²) in [6.45, 7) is 4.70. The first kappa shape index (κ1) is 16.4. The molecule has 2 heterocycles. The van der Waals surface area contributed by atoms with Crippen LogP contribution in [-0.2, 0) is 17.8 Å². The average Bonchev–Trinajstić information content (AvgIpc) is 3.01. The van der Waals surface area contributed by atoms with Gasteiger partial charge in [-0.2, -0.15) is 0 Å². The second kappa shape index (κ2) is 7.40. The molecule has 5 nitrogen and oxygen atoms in total. The average molecular weight is 340 g/mol. The number of hydrogen-bond donors (Lipinski definition) is 2. The predicted molar refractivity (Wildman–Crippen MR) is 98.3 cm³/mol. The third-order valence-electron chi connectivity index (χ3n) is 3.65. The van der Waals surface area contributed by atoms with Gasteiger partial charge in [-0.05, 0) is 25.0 Å². The maximum atomic E-state index is 12.1. The molecule has 3 rings (SSSR count). The van der Waals surface area contributed by atoms with Gasteiger partial charge in [-0.3, -0.25) is 4.79 Å². The summed E-state index contributed by atoms with van der Waals surface area (Å²) in [4.78, 5) is 23.2. The fraction of sp³-hybridized carbons (Fsp3) is 0.278. The maximum Gasteiger partial charge on any atom is 0.239 e. The summed E-state index contributed by atoms with van der Waals surface area (Å²) in [6, 6.07) is 12.0. The smallest absolute Gasteiger partial charge is 0.239 e. The van der Waals surface area contributed by atoms with E-state index in [1.807, 2.05) is 37.3 Å². The van der Waals surface area contributed by atoms with E-state index in [1.165, 1.54) is 4.88 Å². The molecule has 0 atom stereocenters. The molecule has 0 radical (unpaired) electrons. The van der Waals surface area contributed by atoms with E-state index < -0.39 is 0 Å². The van der Waals surface area contributed by atoms with Gasteiger partial charge in [0.2, 0.25) is 5.91 Å². The number of hydrogen-bond acceptors (Lipinski definition) is 5. The van der Waals surface area contributed by atoms with Crippen molar-refractivity contribution in [2.24, 2.45) is 0 Å². The van der Waals surface area contributed by atoms with Crippen LogP contribution in [0.1, 0.15) is 23.2 Å². The standard InChI is InChI=1S/C18H20N4OS/c1-3-14-9-15-17(21-12(2)22-18(15)24-14)20-11-16(23)19-10-13-7-5-4-6-8-13/h4-9H,3,10-11H2,1-2H3,(H,19,23)(H,20,21,22). The molecule has 0 aliphatic heterocycles. The van der Waals surface area contributed by atoms with Crippen molar-refractivity contribution in [1.82, 2.24) is 15.3 Å². The summed E-state index contributed by atoms with van der Waals surface area (Å²) in [7, 11) is 0. The highest BCUT2D eigenvalue weighted by Crippen LogP contribution is 2.29. The van der Waals surface area contributed by atoms with Crippen LogP contribution < -0.4 is 10.6 Å². The van der Waals surface area contributed by atoms with Crippen LogP contribution in [0.2, 0.25) is 0 Å². The van der Waals surface area contributed by atoms with Crippen molar-refractivity contribution in [2.45, 2.75) is 26.8 Å². The summed E-state index contributed by atoms with van der Waals surface area (Å²) < 4.78 is 0. The molecule has 1 aromatic carbocycles. The Morgan fingerprint density at radius 2 is 2.00 bits per heavy atom. The number of rotatable bonds is 6. The minimum atomic E-state index is -0.0609. The van der Waals surface area contributed by atoms with Crippen molar-refractivity contribution in [3.8, 4) is 0 Å². The Kier molecular flexibility index (Phi) is 5.05. The van der Waals surface area contributed by atoms with Crippen molar-refractivity contribution in [2.75, 3.05) is 11.9 Å². The van der Waals surface area contributed by atoms with Gasteiger partial charge in [-0.1, -0.05) is 37.3 Å². The van der Waals surface area contributed by atoms with Gasteiger partial charge in [0.15, 0.2) is 0 Å². The number of aromatic nitrogens is 2. The van der Waals surface area contributed by atoms with E-state index in [0.717, 1.165) is 28.0 Å². The van der Waals surface area contributed by atoms with Crippen LogP contribution in [0.25, 0.3) is 10.2 Å². The van der Waals surface area contributed by atoms with Gasteiger partial charge >= 0.3 is 0 Å². The summed E-state index contributed by atoms with van der Waals surface area (Å²) in [5, 5.41) is 7.04. The number of thiophene rings is 1. The SMILES string of the molecule is CCc1cc2c(NCC(=O)NCc3ccccc3)nc(C)nc2s1. The van der Waals surface area contributed by atoms with Crippen LogP contribution in [0.3, 0.4) is 0 Å². The van der Waals surface area contributed by atoms with Crippen LogP contribution in [0.5, 0.6) is 0 Å². The minimum absolute atomic E-state index is 0.0609. The second-order valence-corrected chi connectivity index (χ2v) is 6.64. The van der Waals surface area contributed by atoms with Crippen LogP contribution >= 0.6 is 11.3 Å². The van der Waals surface area contributed by atoms with Crippen molar-refractivity contribution in [1.29, 1.82) is 0 Å². The zero-order valence-corrected chi connectivity index (χ0v) is 14.6. The number of benzene rings is 1. The lowest BCUT2D eigenvalue weighted by Crippen LogP contribution is -2.29. The first-order valence-electron chi connectivity index (χ1n) is 7.97. The monoisotopic (exact) mass is 340 g/mol. The van der Waals surface area contributed by atoms with Gasteiger partial charge in [0.25, 0.3) is 0 Å². The highest BCUT2D eigenvalue weighted by molar-refractivity contribution is 7.18. The summed E-state index contributed by atoms with van der Waals surface area (Å²) in [6.07, 6.45) is 0.969. The number of carbonyl (C=O) groups excluding carboxylic acids is 1. The Morgan fingerprint density at radius 1 is 1.21 bits per heavy atom. The first-order chi connectivity index (χ1) is 11.7. The van der Waals surface area contributed by atoms with Gasteiger partial charge in [0.05, 0.1) is 11.9 Å². The number of nitrogens with zero attached hydrogens (tertiary/aromatic N) is 2. The predicted octanol–water partition coefficient (Wildman–Crippen LogP) is 3.29. The fourth-order valence-corrected chi connectivity index (χ4v) is 3.42. The normalized spacial score (nSPS) is 10.8. The number of aryl methyl sites for hydroxylation is 2. The molecule has 2 aromatic heterocycles. The molecule has 0 unspecified atom stereocenters. The summed E-state index contributed by atoms with van der Waals surface area (Å²) in [5.74, 6) is 1.37. The number of carbonyl (C=O) groups is 1. The summed E-state index contributed by atoms with van der Waals surface area (Å²) >= 11 is 1.68. The Morgan fingerprint density at radius 3 is 2.75 bits per heavy atom. The van der Waals surface area contributed by atoms with E-state index in [4.69, 9.17) is 0 Å². The number of nitrogens with one attached hydrogen (secondary N) is 2. The number of fused-ring (bicyclic) bond motifs is 1. The molecule has 3 aromatic rings. The largest absolute Gasteiger partial charge is 0.360 e. The van der Waals surface area contributed by atoms with Crippen molar-refractivity contribution >= 4 is 33.3 Å². The maximum absolute atomic E-state index is 12.1. The number of anilines is 1. The third kappa shape index (κ3) is 3.89. The quantitative estimate of drug-likeness (QED) is 0.722. The molecule has 0 saturated heterocycles. The van der Waals surface area contributed by atoms with Crippen LogP contribution in [-0.4, -0.2) is 22.4 Å². The minimum Gasteiger partial charge on any atom is -0.360 e. The summed E-state index contributed by atoms with van der Waals surface area (Å²) in [5.41, 5.74) is 1.08. The molecular formula is C18H20N4OS. The van der Waals surface area contributed by atoms with Crippen molar-refractivity contribution < 1.29 is 4.79 Å². The number of amides is 1. The molecule has 2 N–H and O–H groups in total. The van der Waals surface area contributed by atoms with E-state index >= 15 is 0 Å². The molecule has 0 fully saturated rings. The van der Waals surface area contributed by atoms with Gasteiger partial charge < -0.3 is 10.6 Å². The third-order valence-corrected chi connectivity index (χ3v) is 4.83. The first-order valence-corrected chi connectivity index (χ1v) is 8.79. The Hall–Kier alpha value is -2.47. The topological polar surface area (TPSA) is 66.9 Å².